The van der Waals surface area contributed by atoms with E-state index < -0.39 is 0 Å². The molecule has 1 N–H and O–H groups in total. The van der Waals surface area contributed by atoms with E-state index in [0.29, 0.717) is 32.2 Å². The van der Waals surface area contributed by atoms with Crippen LogP contribution in [-0.2, 0) is 26.3 Å². The van der Waals surface area contributed by atoms with Gasteiger partial charge in [-0.1, -0.05) is 45.0 Å². The fraction of sp³-hybridized carbons (Fsp3) is 0.435. The molecular formula is C23H31NO4. The Kier molecular flexibility index (Phi) is 8.48. The van der Waals surface area contributed by atoms with Crippen LogP contribution in [0.1, 0.15) is 38.8 Å². The van der Waals surface area contributed by atoms with Gasteiger partial charge in [-0.15, -0.1) is 0 Å². The smallest absolute Gasteiger partial charge is 0.262 e. The lowest BCUT2D eigenvalue weighted by Crippen LogP contribution is -2.20. The van der Waals surface area contributed by atoms with Gasteiger partial charge in [0.25, 0.3) is 5.91 Å². The van der Waals surface area contributed by atoms with Crippen LogP contribution in [0.4, 0.5) is 5.69 Å². The van der Waals surface area contributed by atoms with Gasteiger partial charge in [0, 0.05) is 12.3 Å². The van der Waals surface area contributed by atoms with Gasteiger partial charge in [-0.25, -0.2) is 0 Å². The number of benzene rings is 2. The number of carbonyl (C=O) groups excluding carboxylic acids is 1. The summed E-state index contributed by atoms with van der Waals surface area (Å²) in [5.41, 5.74) is 3.04. The van der Waals surface area contributed by atoms with E-state index in [-0.39, 0.29) is 17.9 Å². The molecule has 0 radical (unpaired) electrons. The molecule has 0 aromatic heterocycles. The molecule has 5 nitrogen and oxygen atoms in total. The Morgan fingerprint density at radius 2 is 1.71 bits per heavy atom. The van der Waals surface area contributed by atoms with Crippen LogP contribution in [0.25, 0.3) is 0 Å². The molecule has 0 saturated carbocycles. The third-order valence-corrected chi connectivity index (χ3v) is 4.15. The first-order valence-corrected chi connectivity index (χ1v) is 9.66. The zero-order valence-electron chi connectivity index (χ0n) is 17.3. The maximum absolute atomic E-state index is 12.2. The minimum absolute atomic E-state index is 0.0377. The average molecular weight is 386 g/mol. The van der Waals surface area contributed by atoms with Gasteiger partial charge in [0.05, 0.1) is 19.8 Å². The molecule has 1 amide bonds. The van der Waals surface area contributed by atoms with E-state index in [9.17, 15) is 4.79 Å². The summed E-state index contributed by atoms with van der Waals surface area (Å²) in [6, 6.07) is 15.5. The van der Waals surface area contributed by atoms with Crippen molar-refractivity contribution in [1.82, 2.24) is 0 Å². The van der Waals surface area contributed by atoms with E-state index in [4.69, 9.17) is 14.2 Å². The average Bonchev–Trinajstić information content (AvgIpc) is 2.66. The van der Waals surface area contributed by atoms with Crippen molar-refractivity contribution in [1.29, 1.82) is 0 Å². The van der Waals surface area contributed by atoms with Gasteiger partial charge in [-0.2, -0.15) is 0 Å². The van der Waals surface area contributed by atoms with Crippen LogP contribution in [0.3, 0.4) is 0 Å². The SMILES string of the molecule is CCOCCOCc1cccc(NC(=O)COc2ccc(C(C)(C)C)cc2)c1. The zero-order chi connectivity index (χ0) is 20.4. The summed E-state index contributed by atoms with van der Waals surface area (Å²) in [5.74, 6) is 0.480. The van der Waals surface area contributed by atoms with Gasteiger partial charge in [0.15, 0.2) is 6.61 Å². The Balaban J connectivity index is 1.78. The first-order valence-electron chi connectivity index (χ1n) is 9.66. The Morgan fingerprint density at radius 1 is 1.00 bits per heavy atom. The van der Waals surface area contributed by atoms with Crippen LogP contribution in [0.15, 0.2) is 48.5 Å². The number of ether oxygens (including phenoxy) is 3. The van der Waals surface area contributed by atoms with Crippen LogP contribution in [-0.4, -0.2) is 32.3 Å². The maximum atomic E-state index is 12.2. The van der Waals surface area contributed by atoms with Crippen LogP contribution in [0, 0.1) is 0 Å². The fourth-order valence-corrected chi connectivity index (χ4v) is 2.59. The first kappa shape index (κ1) is 21.9. The molecule has 0 spiro atoms. The highest BCUT2D eigenvalue weighted by Gasteiger charge is 2.13. The molecule has 0 saturated heterocycles. The number of rotatable bonds is 10. The molecule has 2 rings (SSSR count). The summed E-state index contributed by atoms with van der Waals surface area (Å²) in [6.45, 7) is 10.7. The molecule has 0 aliphatic heterocycles. The minimum Gasteiger partial charge on any atom is -0.484 e. The molecule has 5 heteroatoms. The molecule has 0 heterocycles. The topological polar surface area (TPSA) is 56.8 Å². The number of hydrogen-bond acceptors (Lipinski definition) is 4. The van der Waals surface area contributed by atoms with Crippen molar-refractivity contribution in [3.8, 4) is 5.75 Å². The number of amides is 1. The lowest BCUT2D eigenvalue weighted by Gasteiger charge is -2.19. The predicted octanol–water partition coefficient (Wildman–Crippen LogP) is 4.55. The second kappa shape index (κ2) is 10.8. The Hall–Kier alpha value is -2.37. The van der Waals surface area contributed by atoms with Crippen molar-refractivity contribution in [2.75, 3.05) is 31.7 Å². The van der Waals surface area contributed by atoms with Gasteiger partial charge < -0.3 is 19.5 Å². The van der Waals surface area contributed by atoms with Crippen LogP contribution < -0.4 is 10.1 Å². The highest BCUT2D eigenvalue weighted by molar-refractivity contribution is 5.91. The van der Waals surface area contributed by atoms with Gasteiger partial charge in [0.1, 0.15) is 5.75 Å². The largest absolute Gasteiger partial charge is 0.484 e. The number of carbonyl (C=O) groups is 1. The van der Waals surface area contributed by atoms with E-state index in [1.165, 1.54) is 5.56 Å². The molecule has 0 bridgehead atoms. The maximum Gasteiger partial charge on any atom is 0.262 e. The zero-order valence-corrected chi connectivity index (χ0v) is 17.3. The van der Waals surface area contributed by atoms with E-state index >= 15 is 0 Å². The van der Waals surface area contributed by atoms with Crippen molar-refractivity contribution in [3.63, 3.8) is 0 Å². The van der Waals surface area contributed by atoms with E-state index in [2.05, 4.69) is 26.1 Å². The van der Waals surface area contributed by atoms with Crippen molar-refractivity contribution >= 4 is 11.6 Å². The fourth-order valence-electron chi connectivity index (χ4n) is 2.59. The molecule has 0 unspecified atom stereocenters. The van der Waals surface area contributed by atoms with Crippen molar-refractivity contribution in [2.24, 2.45) is 0 Å². The van der Waals surface area contributed by atoms with Crippen LogP contribution in [0.2, 0.25) is 0 Å². The molecule has 2 aromatic rings. The van der Waals surface area contributed by atoms with Crippen molar-refractivity contribution < 1.29 is 19.0 Å². The van der Waals surface area contributed by atoms with Gasteiger partial charge in [-0.05, 0) is 47.7 Å². The third kappa shape index (κ3) is 7.71. The van der Waals surface area contributed by atoms with Gasteiger partial charge in [0.2, 0.25) is 0 Å². The standard InChI is InChI=1S/C23H31NO4/c1-5-26-13-14-27-16-18-7-6-8-20(15-18)24-22(25)17-28-21-11-9-19(10-12-21)23(2,3)4/h6-12,15H,5,13-14,16-17H2,1-4H3,(H,24,25). The Bertz CT molecular complexity index is 735. The summed E-state index contributed by atoms with van der Waals surface area (Å²) >= 11 is 0. The van der Waals surface area contributed by atoms with Crippen molar-refractivity contribution in [3.05, 3.63) is 59.7 Å². The Morgan fingerprint density at radius 3 is 2.39 bits per heavy atom. The van der Waals surface area contributed by atoms with E-state index in [0.717, 1.165) is 11.3 Å². The number of nitrogens with one attached hydrogen (secondary N) is 1. The highest BCUT2D eigenvalue weighted by Crippen LogP contribution is 2.24. The summed E-state index contributed by atoms with van der Waals surface area (Å²) < 4.78 is 16.4. The summed E-state index contributed by atoms with van der Waals surface area (Å²) in [6.07, 6.45) is 0. The highest BCUT2D eigenvalue weighted by atomic mass is 16.5. The van der Waals surface area contributed by atoms with Gasteiger partial charge >= 0.3 is 0 Å². The lowest BCUT2D eigenvalue weighted by atomic mass is 9.87. The van der Waals surface area contributed by atoms with Crippen LogP contribution in [0.5, 0.6) is 5.75 Å². The molecule has 0 aliphatic rings. The Labute approximate surface area is 168 Å². The third-order valence-electron chi connectivity index (χ3n) is 4.15. The number of anilines is 1. The van der Waals surface area contributed by atoms with Crippen LogP contribution >= 0.6 is 0 Å². The molecular weight excluding hydrogens is 354 g/mol. The molecule has 0 fully saturated rings. The molecule has 0 aliphatic carbocycles. The van der Waals surface area contributed by atoms with Crippen molar-refractivity contribution in [2.45, 2.75) is 39.7 Å². The quantitative estimate of drug-likeness (QED) is 0.610. The molecule has 2 aromatic carbocycles. The summed E-state index contributed by atoms with van der Waals surface area (Å²) in [7, 11) is 0. The summed E-state index contributed by atoms with van der Waals surface area (Å²) in [5, 5.41) is 2.85. The second-order valence-electron chi connectivity index (χ2n) is 7.56. The molecule has 0 atom stereocenters. The minimum atomic E-state index is -0.200. The van der Waals surface area contributed by atoms with E-state index in [1.54, 1.807) is 0 Å². The molecule has 28 heavy (non-hydrogen) atoms. The second-order valence-corrected chi connectivity index (χ2v) is 7.56. The first-order chi connectivity index (χ1) is 13.4. The lowest BCUT2D eigenvalue weighted by molar-refractivity contribution is -0.118. The monoisotopic (exact) mass is 385 g/mol. The van der Waals surface area contributed by atoms with E-state index in [1.807, 2.05) is 55.5 Å². The number of hydrogen-bond donors (Lipinski definition) is 1. The normalized spacial score (nSPS) is 11.3. The summed E-state index contributed by atoms with van der Waals surface area (Å²) in [4.78, 5) is 12.2. The van der Waals surface area contributed by atoms with Gasteiger partial charge in [-0.3, -0.25) is 4.79 Å². The molecule has 152 valence electrons. The predicted molar refractivity (Wildman–Crippen MR) is 112 cm³/mol.